The van der Waals surface area contributed by atoms with Crippen LogP contribution < -0.4 is 5.32 Å². The molecule has 0 spiro atoms. The Kier molecular flexibility index (Phi) is 7.60. The number of hydrogen-bond acceptors (Lipinski definition) is 4. The van der Waals surface area contributed by atoms with Crippen LogP contribution >= 0.6 is 0 Å². The molecule has 19 heavy (non-hydrogen) atoms. The number of aromatic nitrogens is 2. The normalized spacial score (nSPS) is 12.9. The Bertz CT molecular complexity index is 332. The van der Waals surface area contributed by atoms with Crippen LogP contribution in [-0.4, -0.2) is 23.1 Å². The van der Waals surface area contributed by atoms with Gasteiger partial charge in [-0.15, -0.1) is 0 Å². The smallest absolute Gasteiger partial charge is 0.157 e. The average Bonchev–Trinajstić information content (AvgIpc) is 2.39. The van der Waals surface area contributed by atoms with E-state index in [4.69, 9.17) is 4.74 Å². The van der Waals surface area contributed by atoms with Gasteiger partial charge in [-0.05, 0) is 25.8 Å². The molecule has 0 bridgehead atoms. The van der Waals surface area contributed by atoms with E-state index in [1.807, 2.05) is 19.3 Å². The number of hydrogen-bond donors (Lipinski definition) is 1. The molecule has 1 aromatic heterocycles. The van der Waals surface area contributed by atoms with Gasteiger partial charge in [0.25, 0.3) is 0 Å². The third-order valence-corrected chi connectivity index (χ3v) is 2.81. The maximum atomic E-state index is 5.68. The number of nitrogens with zero attached hydrogens (tertiary/aromatic N) is 2. The monoisotopic (exact) mass is 265 g/mol. The van der Waals surface area contributed by atoms with E-state index in [1.54, 1.807) is 0 Å². The van der Waals surface area contributed by atoms with Crippen LogP contribution in [0.5, 0.6) is 0 Å². The second-order valence-corrected chi connectivity index (χ2v) is 5.21. The molecule has 1 aromatic rings. The van der Waals surface area contributed by atoms with Crippen LogP contribution in [0.4, 0.5) is 0 Å². The fraction of sp³-hybridized carbons (Fsp3) is 0.733. The lowest BCUT2D eigenvalue weighted by Crippen LogP contribution is -2.19. The zero-order valence-corrected chi connectivity index (χ0v) is 12.6. The fourth-order valence-electron chi connectivity index (χ4n) is 1.88. The third kappa shape index (κ3) is 6.12. The highest BCUT2D eigenvalue weighted by atomic mass is 16.5. The van der Waals surface area contributed by atoms with E-state index in [0.29, 0.717) is 12.5 Å². The van der Waals surface area contributed by atoms with E-state index < -0.39 is 0 Å². The summed E-state index contributed by atoms with van der Waals surface area (Å²) < 4.78 is 5.68. The van der Waals surface area contributed by atoms with E-state index in [0.717, 1.165) is 37.3 Å². The second-order valence-electron chi connectivity index (χ2n) is 5.21. The maximum Gasteiger partial charge on any atom is 0.157 e. The Hall–Kier alpha value is -1.00. The SMILES string of the molecule is CCCC(OCC)c1ncc(CNCC(C)C)cn1. The number of ether oxygens (including phenoxy) is 1. The maximum absolute atomic E-state index is 5.68. The molecule has 1 N–H and O–H groups in total. The van der Waals surface area contributed by atoms with Gasteiger partial charge in [0.05, 0.1) is 0 Å². The van der Waals surface area contributed by atoms with Gasteiger partial charge in [0.1, 0.15) is 6.10 Å². The van der Waals surface area contributed by atoms with E-state index >= 15 is 0 Å². The molecular weight excluding hydrogens is 238 g/mol. The molecule has 0 saturated carbocycles. The lowest BCUT2D eigenvalue weighted by molar-refractivity contribution is 0.0493. The minimum Gasteiger partial charge on any atom is -0.371 e. The van der Waals surface area contributed by atoms with Gasteiger partial charge < -0.3 is 10.1 Å². The van der Waals surface area contributed by atoms with E-state index in [9.17, 15) is 0 Å². The van der Waals surface area contributed by atoms with Crippen molar-refractivity contribution in [3.63, 3.8) is 0 Å². The summed E-state index contributed by atoms with van der Waals surface area (Å²) in [6.45, 7) is 11.1. The molecule has 0 aromatic carbocycles. The average molecular weight is 265 g/mol. The van der Waals surface area contributed by atoms with Crippen molar-refractivity contribution in [3.8, 4) is 0 Å². The van der Waals surface area contributed by atoms with Crippen LogP contribution in [0.3, 0.4) is 0 Å². The van der Waals surface area contributed by atoms with Gasteiger partial charge in [0.2, 0.25) is 0 Å². The van der Waals surface area contributed by atoms with Crippen molar-refractivity contribution < 1.29 is 4.74 Å². The summed E-state index contributed by atoms with van der Waals surface area (Å²) in [4.78, 5) is 8.88. The Morgan fingerprint density at radius 1 is 1.21 bits per heavy atom. The molecule has 0 fully saturated rings. The Morgan fingerprint density at radius 3 is 2.42 bits per heavy atom. The molecule has 1 rings (SSSR count). The molecule has 1 unspecified atom stereocenters. The molecule has 1 atom stereocenters. The summed E-state index contributed by atoms with van der Waals surface area (Å²) in [5.41, 5.74) is 1.12. The van der Waals surface area contributed by atoms with E-state index in [1.165, 1.54) is 0 Å². The van der Waals surface area contributed by atoms with Gasteiger partial charge >= 0.3 is 0 Å². The van der Waals surface area contributed by atoms with Gasteiger partial charge in [0, 0.05) is 31.1 Å². The van der Waals surface area contributed by atoms with Crippen molar-refractivity contribution in [2.24, 2.45) is 5.92 Å². The van der Waals surface area contributed by atoms with Crippen LogP contribution in [0.15, 0.2) is 12.4 Å². The summed E-state index contributed by atoms with van der Waals surface area (Å²) >= 11 is 0. The van der Waals surface area contributed by atoms with Crippen LogP contribution in [0.2, 0.25) is 0 Å². The zero-order chi connectivity index (χ0) is 14.1. The summed E-state index contributed by atoms with van der Waals surface area (Å²) in [5, 5.41) is 3.39. The van der Waals surface area contributed by atoms with Crippen LogP contribution in [0, 0.1) is 5.92 Å². The summed E-state index contributed by atoms with van der Waals surface area (Å²) in [6, 6.07) is 0. The Balaban J connectivity index is 2.53. The van der Waals surface area contributed by atoms with Gasteiger partial charge in [-0.2, -0.15) is 0 Å². The van der Waals surface area contributed by atoms with Crippen molar-refractivity contribution in [2.75, 3.05) is 13.2 Å². The van der Waals surface area contributed by atoms with Gasteiger partial charge in [-0.25, -0.2) is 9.97 Å². The Labute approximate surface area is 117 Å². The first-order valence-electron chi connectivity index (χ1n) is 7.30. The van der Waals surface area contributed by atoms with Crippen LogP contribution in [0.1, 0.15) is 58.0 Å². The van der Waals surface area contributed by atoms with E-state index in [2.05, 4.69) is 36.1 Å². The predicted octanol–water partition coefficient (Wildman–Crippen LogP) is 3.10. The first kappa shape index (κ1) is 16.1. The molecule has 0 saturated heterocycles. The number of nitrogens with one attached hydrogen (secondary N) is 1. The number of rotatable bonds is 9. The largest absolute Gasteiger partial charge is 0.371 e. The standard InChI is InChI=1S/C15H27N3O/c1-5-7-14(19-6-2)15-17-10-13(11-18-15)9-16-8-12(3)4/h10-12,14,16H,5-9H2,1-4H3. The van der Waals surface area contributed by atoms with Gasteiger partial charge in [-0.3, -0.25) is 0 Å². The lowest BCUT2D eigenvalue weighted by Gasteiger charge is -2.15. The predicted molar refractivity (Wildman–Crippen MR) is 77.9 cm³/mol. The molecule has 0 aliphatic rings. The first-order valence-corrected chi connectivity index (χ1v) is 7.30. The first-order chi connectivity index (χ1) is 9.17. The third-order valence-electron chi connectivity index (χ3n) is 2.81. The summed E-state index contributed by atoms with van der Waals surface area (Å²) in [6.07, 6.45) is 5.88. The van der Waals surface area contributed by atoms with Crippen molar-refractivity contribution in [3.05, 3.63) is 23.8 Å². The highest BCUT2D eigenvalue weighted by Crippen LogP contribution is 2.18. The van der Waals surface area contributed by atoms with Crippen molar-refractivity contribution >= 4 is 0 Å². The molecule has 0 amide bonds. The minimum absolute atomic E-state index is 0.0349. The molecule has 4 nitrogen and oxygen atoms in total. The molecule has 0 aliphatic carbocycles. The fourth-order valence-corrected chi connectivity index (χ4v) is 1.88. The zero-order valence-electron chi connectivity index (χ0n) is 12.6. The van der Waals surface area contributed by atoms with Crippen molar-refractivity contribution in [2.45, 2.75) is 53.2 Å². The molecule has 4 heteroatoms. The molecular formula is C15H27N3O. The van der Waals surface area contributed by atoms with E-state index in [-0.39, 0.29) is 6.10 Å². The quantitative estimate of drug-likeness (QED) is 0.745. The molecule has 0 aliphatic heterocycles. The van der Waals surface area contributed by atoms with Crippen molar-refractivity contribution in [1.29, 1.82) is 0 Å². The van der Waals surface area contributed by atoms with Crippen LogP contribution in [-0.2, 0) is 11.3 Å². The lowest BCUT2D eigenvalue weighted by atomic mass is 10.2. The van der Waals surface area contributed by atoms with Gasteiger partial charge in [-0.1, -0.05) is 27.2 Å². The summed E-state index contributed by atoms with van der Waals surface area (Å²) in [7, 11) is 0. The minimum atomic E-state index is 0.0349. The van der Waals surface area contributed by atoms with Crippen molar-refractivity contribution in [1.82, 2.24) is 15.3 Å². The Morgan fingerprint density at radius 2 is 1.89 bits per heavy atom. The molecule has 108 valence electrons. The van der Waals surface area contributed by atoms with Crippen LogP contribution in [0.25, 0.3) is 0 Å². The molecule has 1 heterocycles. The van der Waals surface area contributed by atoms with Gasteiger partial charge in [0.15, 0.2) is 5.82 Å². The molecule has 0 radical (unpaired) electrons. The highest BCUT2D eigenvalue weighted by Gasteiger charge is 2.13. The second kappa shape index (κ2) is 8.99. The highest BCUT2D eigenvalue weighted by molar-refractivity contribution is 5.06. The topological polar surface area (TPSA) is 47.0 Å². The summed E-state index contributed by atoms with van der Waals surface area (Å²) in [5.74, 6) is 1.46.